The van der Waals surface area contributed by atoms with E-state index in [1.54, 1.807) is 35.8 Å². The minimum absolute atomic E-state index is 0.0811. The Bertz CT molecular complexity index is 1210. The van der Waals surface area contributed by atoms with Gasteiger partial charge in [-0.15, -0.1) is 22.7 Å². The molecule has 0 unspecified atom stereocenters. The van der Waals surface area contributed by atoms with E-state index in [9.17, 15) is 4.79 Å². The number of aromatic nitrogens is 1. The zero-order valence-corrected chi connectivity index (χ0v) is 18.8. The standard InChI is InChI=1S/C24H22N2O3S2/c1-28-17-10-4-5-11-18(17)29-14-21(27)26-24-22(15-8-2-6-12-19(15)30-24)23-25-16-9-3-7-13-20(16)31-23/h3-5,7,9-11,13H,2,6,8,12,14H2,1H3,(H,26,27). The molecule has 2 aromatic heterocycles. The highest BCUT2D eigenvalue weighted by molar-refractivity contribution is 7.22. The molecular weight excluding hydrogens is 428 g/mol. The normalized spacial score (nSPS) is 13.1. The van der Waals surface area contributed by atoms with E-state index in [4.69, 9.17) is 14.5 Å². The van der Waals surface area contributed by atoms with E-state index in [0.717, 1.165) is 38.6 Å². The second-order valence-corrected chi connectivity index (χ2v) is 9.53. The van der Waals surface area contributed by atoms with E-state index in [-0.39, 0.29) is 12.5 Å². The summed E-state index contributed by atoms with van der Waals surface area (Å²) in [5.41, 5.74) is 3.43. The number of para-hydroxylation sites is 3. The number of hydrogen-bond acceptors (Lipinski definition) is 6. The van der Waals surface area contributed by atoms with Crippen LogP contribution in [0.25, 0.3) is 20.8 Å². The average Bonchev–Trinajstić information content (AvgIpc) is 3.38. The molecule has 4 aromatic rings. The third kappa shape index (κ3) is 4.03. The van der Waals surface area contributed by atoms with Crippen LogP contribution in [0.2, 0.25) is 0 Å². The number of rotatable bonds is 6. The van der Waals surface area contributed by atoms with Gasteiger partial charge in [0.25, 0.3) is 5.91 Å². The molecule has 7 heteroatoms. The van der Waals surface area contributed by atoms with Gasteiger partial charge in [0.15, 0.2) is 18.1 Å². The highest BCUT2D eigenvalue weighted by atomic mass is 32.1. The monoisotopic (exact) mass is 450 g/mol. The molecule has 0 saturated carbocycles. The van der Waals surface area contributed by atoms with Crippen LogP contribution in [0.3, 0.4) is 0 Å². The molecule has 31 heavy (non-hydrogen) atoms. The number of thiophene rings is 1. The molecule has 158 valence electrons. The number of benzene rings is 2. The number of carbonyl (C=O) groups is 1. The van der Waals surface area contributed by atoms with Crippen LogP contribution in [0.4, 0.5) is 5.00 Å². The molecule has 0 fully saturated rings. The number of amides is 1. The number of anilines is 1. The molecule has 0 radical (unpaired) electrons. The predicted octanol–water partition coefficient (Wildman–Crippen LogP) is 5.93. The highest BCUT2D eigenvalue weighted by Crippen LogP contribution is 2.46. The number of carbonyl (C=O) groups excluding carboxylic acids is 1. The number of aryl methyl sites for hydroxylation is 1. The third-order valence-corrected chi connectivity index (χ3v) is 7.62. The smallest absolute Gasteiger partial charge is 0.262 e. The van der Waals surface area contributed by atoms with Gasteiger partial charge in [-0.2, -0.15) is 0 Å². The summed E-state index contributed by atoms with van der Waals surface area (Å²) in [4.78, 5) is 19.0. The summed E-state index contributed by atoms with van der Waals surface area (Å²) in [6.07, 6.45) is 4.46. The van der Waals surface area contributed by atoms with Gasteiger partial charge in [0, 0.05) is 10.4 Å². The van der Waals surface area contributed by atoms with E-state index in [1.165, 1.54) is 23.3 Å². The first-order valence-electron chi connectivity index (χ1n) is 10.3. The van der Waals surface area contributed by atoms with Crippen LogP contribution >= 0.6 is 22.7 Å². The van der Waals surface area contributed by atoms with Gasteiger partial charge in [0.2, 0.25) is 0 Å². The number of fused-ring (bicyclic) bond motifs is 2. The van der Waals surface area contributed by atoms with Crippen molar-refractivity contribution in [2.75, 3.05) is 19.0 Å². The van der Waals surface area contributed by atoms with Crippen LogP contribution in [-0.2, 0) is 17.6 Å². The molecular formula is C24H22N2O3S2. The van der Waals surface area contributed by atoms with E-state index in [1.807, 2.05) is 36.4 Å². The van der Waals surface area contributed by atoms with Gasteiger partial charge in [0.1, 0.15) is 10.0 Å². The number of nitrogens with one attached hydrogen (secondary N) is 1. The largest absolute Gasteiger partial charge is 0.493 e. The second-order valence-electron chi connectivity index (χ2n) is 7.39. The number of methoxy groups -OCH3 is 1. The molecule has 1 aliphatic rings. The lowest BCUT2D eigenvalue weighted by Gasteiger charge is -2.12. The van der Waals surface area contributed by atoms with Crippen LogP contribution in [-0.4, -0.2) is 24.6 Å². The Hall–Kier alpha value is -2.90. The summed E-state index contributed by atoms with van der Waals surface area (Å²) in [5.74, 6) is 0.973. The second kappa shape index (κ2) is 8.69. The van der Waals surface area contributed by atoms with Gasteiger partial charge >= 0.3 is 0 Å². The molecule has 1 amide bonds. The maximum absolute atomic E-state index is 12.8. The average molecular weight is 451 g/mol. The first-order valence-corrected chi connectivity index (χ1v) is 11.9. The van der Waals surface area contributed by atoms with Crippen LogP contribution in [0.1, 0.15) is 23.3 Å². The minimum Gasteiger partial charge on any atom is -0.493 e. The Morgan fingerprint density at radius 1 is 1.03 bits per heavy atom. The van der Waals surface area contributed by atoms with Crippen molar-refractivity contribution < 1.29 is 14.3 Å². The zero-order chi connectivity index (χ0) is 21.2. The molecule has 0 spiro atoms. The third-order valence-electron chi connectivity index (χ3n) is 5.36. The van der Waals surface area contributed by atoms with Crippen molar-refractivity contribution in [2.45, 2.75) is 25.7 Å². The van der Waals surface area contributed by atoms with Gasteiger partial charge in [-0.1, -0.05) is 24.3 Å². The lowest BCUT2D eigenvalue weighted by Crippen LogP contribution is -2.20. The number of nitrogens with zero attached hydrogens (tertiary/aromatic N) is 1. The van der Waals surface area contributed by atoms with Crippen molar-refractivity contribution in [3.8, 4) is 22.1 Å². The molecule has 1 aliphatic carbocycles. The van der Waals surface area contributed by atoms with Gasteiger partial charge in [0.05, 0.1) is 17.3 Å². The molecule has 2 heterocycles. The first-order chi connectivity index (χ1) is 15.2. The molecule has 2 aromatic carbocycles. The molecule has 5 rings (SSSR count). The quantitative estimate of drug-likeness (QED) is 0.396. The lowest BCUT2D eigenvalue weighted by molar-refractivity contribution is -0.118. The summed E-state index contributed by atoms with van der Waals surface area (Å²) in [6.45, 7) is -0.0811. The summed E-state index contributed by atoms with van der Waals surface area (Å²) < 4.78 is 12.2. The van der Waals surface area contributed by atoms with Crippen molar-refractivity contribution in [3.05, 3.63) is 59.0 Å². The van der Waals surface area contributed by atoms with Crippen LogP contribution in [0.15, 0.2) is 48.5 Å². The van der Waals surface area contributed by atoms with Crippen molar-refractivity contribution >= 4 is 43.8 Å². The van der Waals surface area contributed by atoms with E-state index >= 15 is 0 Å². The Morgan fingerprint density at radius 3 is 2.65 bits per heavy atom. The maximum atomic E-state index is 12.8. The number of hydrogen-bond donors (Lipinski definition) is 1. The SMILES string of the molecule is COc1ccccc1OCC(=O)Nc1sc2c(c1-c1nc3ccccc3s1)CCCC2. The van der Waals surface area contributed by atoms with E-state index in [2.05, 4.69) is 11.4 Å². The zero-order valence-electron chi connectivity index (χ0n) is 17.1. The molecule has 0 aliphatic heterocycles. The predicted molar refractivity (Wildman–Crippen MR) is 127 cm³/mol. The topological polar surface area (TPSA) is 60.5 Å². The number of ether oxygens (including phenoxy) is 2. The van der Waals surface area contributed by atoms with Crippen molar-refractivity contribution in [3.63, 3.8) is 0 Å². The number of thiazole rings is 1. The molecule has 0 atom stereocenters. The molecule has 5 nitrogen and oxygen atoms in total. The Labute approximate surface area is 188 Å². The van der Waals surface area contributed by atoms with Crippen molar-refractivity contribution in [1.29, 1.82) is 0 Å². The summed E-state index contributed by atoms with van der Waals surface area (Å²) in [5, 5.41) is 4.95. The van der Waals surface area contributed by atoms with Gasteiger partial charge in [-0.05, 0) is 55.5 Å². The van der Waals surface area contributed by atoms with Gasteiger partial charge in [-0.25, -0.2) is 4.98 Å². The van der Waals surface area contributed by atoms with Crippen molar-refractivity contribution in [1.82, 2.24) is 4.98 Å². The Morgan fingerprint density at radius 2 is 1.81 bits per heavy atom. The summed E-state index contributed by atoms with van der Waals surface area (Å²) in [7, 11) is 1.59. The van der Waals surface area contributed by atoms with Gasteiger partial charge < -0.3 is 14.8 Å². The fourth-order valence-corrected chi connectivity index (χ4v) is 6.32. The van der Waals surface area contributed by atoms with Gasteiger partial charge in [-0.3, -0.25) is 4.79 Å². The van der Waals surface area contributed by atoms with Crippen LogP contribution < -0.4 is 14.8 Å². The summed E-state index contributed by atoms with van der Waals surface area (Å²) >= 11 is 3.36. The molecule has 0 saturated heterocycles. The first kappa shape index (κ1) is 20.0. The fraction of sp³-hybridized carbons (Fsp3) is 0.250. The van der Waals surface area contributed by atoms with Crippen LogP contribution in [0.5, 0.6) is 11.5 Å². The highest BCUT2D eigenvalue weighted by Gasteiger charge is 2.25. The van der Waals surface area contributed by atoms with Crippen molar-refractivity contribution in [2.24, 2.45) is 0 Å². The Balaban J connectivity index is 1.42. The molecule has 1 N–H and O–H groups in total. The summed E-state index contributed by atoms with van der Waals surface area (Å²) in [6, 6.07) is 15.5. The van der Waals surface area contributed by atoms with Crippen LogP contribution in [0, 0.1) is 0 Å². The van der Waals surface area contributed by atoms with E-state index in [0.29, 0.717) is 11.5 Å². The molecule has 0 bridgehead atoms. The Kier molecular flexibility index (Phi) is 5.61. The minimum atomic E-state index is -0.188. The maximum Gasteiger partial charge on any atom is 0.262 e. The lowest BCUT2D eigenvalue weighted by atomic mass is 9.96. The van der Waals surface area contributed by atoms with E-state index < -0.39 is 0 Å². The fourth-order valence-electron chi connectivity index (χ4n) is 3.90.